The number of rotatable bonds is 3. The Balaban J connectivity index is 2.10. The fraction of sp³-hybridized carbons (Fsp3) is 0.538. The largest absolute Gasteiger partial charge is 0.466 e. The Hall–Kier alpha value is -1.000. The van der Waals surface area contributed by atoms with Crippen LogP contribution in [0.25, 0.3) is 0 Å². The highest BCUT2D eigenvalue weighted by Crippen LogP contribution is 2.29. The molecule has 4 nitrogen and oxygen atoms in total. The summed E-state index contributed by atoms with van der Waals surface area (Å²) in [5.41, 5.74) is 0. The number of nitrogens with zero attached hydrogens (tertiary/aromatic N) is 2. The number of pyridine rings is 1. The summed E-state index contributed by atoms with van der Waals surface area (Å²) in [7, 11) is 0. The van der Waals surface area contributed by atoms with Gasteiger partial charge in [-0.25, -0.2) is 4.98 Å². The molecule has 2 heterocycles. The molecule has 0 unspecified atom stereocenters. The standard InChI is InChI=1S/C13H16Cl2N2O2/c1-2-19-13(18)9-4-3-5-17(8-9)12-11(15)6-10(14)7-16-12/h6-7,9H,2-5,8H2,1H3/t9-/m1/s1. The first-order valence-corrected chi connectivity index (χ1v) is 7.10. The Labute approximate surface area is 122 Å². The molecule has 0 aliphatic carbocycles. The van der Waals surface area contributed by atoms with Gasteiger partial charge in [0.1, 0.15) is 5.82 Å². The molecule has 1 saturated heterocycles. The van der Waals surface area contributed by atoms with Crippen molar-refractivity contribution in [2.45, 2.75) is 19.8 Å². The number of anilines is 1. The Bertz CT molecular complexity index is 468. The van der Waals surface area contributed by atoms with Crippen LogP contribution < -0.4 is 4.90 Å². The zero-order valence-electron chi connectivity index (χ0n) is 10.7. The lowest BCUT2D eigenvalue weighted by atomic mass is 9.98. The van der Waals surface area contributed by atoms with Crippen molar-refractivity contribution >= 4 is 35.0 Å². The van der Waals surface area contributed by atoms with Crippen LogP contribution >= 0.6 is 23.2 Å². The maximum Gasteiger partial charge on any atom is 0.310 e. The second-order valence-electron chi connectivity index (χ2n) is 4.50. The van der Waals surface area contributed by atoms with Crippen molar-refractivity contribution in [3.8, 4) is 0 Å². The van der Waals surface area contributed by atoms with E-state index >= 15 is 0 Å². The van der Waals surface area contributed by atoms with Gasteiger partial charge in [0.05, 0.1) is 22.6 Å². The van der Waals surface area contributed by atoms with Crippen LogP contribution in [-0.4, -0.2) is 30.6 Å². The summed E-state index contributed by atoms with van der Waals surface area (Å²) < 4.78 is 5.07. The van der Waals surface area contributed by atoms with Crippen LogP contribution in [0.4, 0.5) is 5.82 Å². The smallest absolute Gasteiger partial charge is 0.310 e. The molecule has 1 fully saturated rings. The molecule has 2 rings (SSSR count). The molecule has 1 aromatic heterocycles. The van der Waals surface area contributed by atoms with E-state index in [1.807, 2.05) is 11.8 Å². The number of ether oxygens (including phenoxy) is 1. The summed E-state index contributed by atoms with van der Waals surface area (Å²) in [4.78, 5) is 18.1. The second-order valence-corrected chi connectivity index (χ2v) is 5.34. The van der Waals surface area contributed by atoms with Gasteiger partial charge in [-0.2, -0.15) is 0 Å². The minimum absolute atomic E-state index is 0.109. The highest BCUT2D eigenvalue weighted by Gasteiger charge is 2.28. The average Bonchev–Trinajstić information content (AvgIpc) is 2.39. The molecular weight excluding hydrogens is 287 g/mol. The van der Waals surface area contributed by atoms with Crippen molar-refractivity contribution in [2.75, 3.05) is 24.6 Å². The summed E-state index contributed by atoms with van der Waals surface area (Å²) in [5, 5.41) is 1.02. The predicted molar refractivity (Wildman–Crippen MR) is 75.8 cm³/mol. The van der Waals surface area contributed by atoms with Gasteiger partial charge >= 0.3 is 5.97 Å². The van der Waals surface area contributed by atoms with Crippen molar-refractivity contribution in [3.05, 3.63) is 22.3 Å². The number of carbonyl (C=O) groups excluding carboxylic acids is 1. The number of hydrogen-bond acceptors (Lipinski definition) is 4. The van der Waals surface area contributed by atoms with Gasteiger partial charge in [0.25, 0.3) is 0 Å². The lowest BCUT2D eigenvalue weighted by molar-refractivity contribution is -0.148. The van der Waals surface area contributed by atoms with Crippen LogP contribution in [0, 0.1) is 5.92 Å². The number of hydrogen-bond donors (Lipinski definition) is 0. The van der Waals surface area contributed by atoms with E-state index in [-0.39, 0.29) is 11.9 Å². The first kappa shape index (κ1) is 14.4. The lowest BCUT2D eigenvalue weighted by Gasteiger charge is -2.32. The Morgan fingerprint density at radius 3 is 3.05 bits per heavy atom. The SMILES string of the molecule is CCOC(=O)[C@@H]1CCCN(c2ncc(Cl)cc2Cl)C1. The molecule has 0 aromatic carbocycles. The molecule has 0 radical (unpaired) electrons. The fourth-order valence-corrected chi connectivity index (χ4v) is 2.76. The average molecular weight is 303 g/mol. The van der Waals surface area contributed by atoms with E-state index in [4.69, 9.17) is 27.9 Å². The van der Waals surface area contributed by atoms with E-state index < -0.39 is 0 Å². The maximum absolute atomic E-state index is 11.8. The van der Waals surface area contributed by atoms with Crippen LogP contribution in [0.2, 0.25) is 10.0 Å². The number of carbonyl (C=O) groups is 1. The molecule has 19 heavy (non-hydrogen) atoms. The number of piperidine rings is 1. The van der Waals surface area contributed by atoms with Crippen LogP contribution in [-0.2, 0) is 9.53 Å². The van der Waals surface area contributed by atoms with Gasteiger partial charge in [0.2, 0.25) is 0 Å². The Morgan fingerprint density at radius 2 is 2.37 bits per heavy atom. The first-order chi connectivity index (χ1) is 9.11. The van der Waals surface area contributed by atoms with Gasteiger partial charge < -0.3 is 9.64 Å². The number of esters is 1. The third-order valence-electron chi connectivity index (χ3n) is 3.13. The summed E-state index contributed by atoms with van der Waals surface area (Å²) in [6, 6.07) is 1.67. The molecule has 104 valence electrons. The third kappa shape index (κ3) is 3.51. The molecule has 1 aliphatic rings. The summed E-state index contributed by atoms with van der Waals surface area (Å²) in [5.74, 6) is 0.430. The Kier molecular flexibility index (Phi) is 4.88. The minimum atomic E-state index is -0.141. The summed E-state index contributed by atoms with van der Waals surface area (Å²) in [6.45, 7) is 3.66. The topological polar surface area (TPSA) is 42.4 Å². The van der Waals surface area contributed by atoms with Gasteiger partial charge in [0, 0.05) is 19.3 Å². The minimum Gasteiger partial charge on any atom is -0.466 e. The van der Waals surface area contributed by atoms with Crippen LogP contribution in [0.1, 0.15) is 19.8 Å². The zero-order valence-corrected chi connectivity index (χ0v) is 12.2. The van der Waals surface area contributed by atoms with Gasteiger partial charge in [0.15, 0.2) is 0 Å². The van der Waals surface area contributed by atoms with Crippen molar-refractivity contribution < 1.29 is 9.53 Å². The fourth-order valence-electron chi connectivity index (χ4n) is 2.26. The van der Waals surface area contributed by atoms with Crippen LogP contribution in [0.5, 0.6) is 0 Å². The predicted octanol–water partition coefficient (Wildman–Crippen LogP) is 3.17. The maximum atomic E-state index is 11.8. The molecule has 0 amide bonds. The van der Waals surface area contributed by atoms with Gasteiger partial charge in [-0.15, -0.1) is 0 Å². The van der Waals surface area contributed by atoms with E-state index in [9.17, 15) is 4.79 Å². The number of aromatic nitrogens is 1. The molecule has 1 aromatic rings. The Morgan fingerprint density at radius 1 is 1.58 bits per heavy atom. The van der Waals surface area contributed by atoms with Crippen molar-refractivity contribution in [2.24, 2.45) is 5.92 Å². The van der Waals surface area contributed by atoms with Crippen molar-refractivity contribution in [3.63, 3.8) is 0 Å². The quantitative estimate of drug-likeness (QED) is 0.804. The normalized spacial score (nSPS) is 19.3. The molecule has 0 saturated carbocycles. The van der Waals surface area contributed by atoms with E-state index in [1.165, 1.54) is 0 Å². The monoisotopic (exact) mass is 302 g/mol. The molecule has 0 bridgehead atoms. The highest BCUT2D eigenvalue weighted by atomic mass is 35.5. The van der Waals surface area contributed by atoms with E-state index in [1.54, 1.807) is 12.3 Å². The van der Waals surface area contributed by atoms with E-state index in [0.29, 0.717) is 29.0 Å². The van der Waals surface area contributed by atoms with E-state index in [2.05, 4.69) is 4.98 Å². The first-order valence-electron chi connectivity index (χ1n) is 6.34. The molecule has 1 atom stereocenters. The summed E-state index contributed by atoms with van der Waals surface area (Å²) in [6.07, 6.45) is 3.33. The number of halogens is 2. The van der Waals surface area contributed by atoms with Crippen LogP contribution in [0.3, 0.4) is 0 Å². The molecule has 0 N–H and O–H groups in total. The molecule has 6 heteroatoms. The van der Waals surface area contributed by atoms with Crippen molar-refractivity contribution in [1.82, 2.24) is 4.98 Å². The highest BCUT2D eigenvalue weighted by molar-refractivity contribution is 6.36. The molecule has 1 aliphatic heterocycles. The summed E-state index contributed by atoms with van der Waals surface area (Å²) >= 11 is 12.0. The second kappa shape index (κ2) is 6.44. The van der Waals surface area contributed by atoms with Crippen LogP contribution in [0.15, 0.2) is 12.3 Å². The van der Waals surface area contributed by atoms with Gasteiger partial charge in [-0.1, -0.05) is 23.2 Å². The van der Waals surface area contributed by atoms with Crippen molar-refractivity contribution in [1.29, 1.82) is 0 Å². The molecule has 0 spiro atoms. The van der Waals surface area contributed by atoms with Gasteiger partial charge in [-0.05, 0) is 25.8 Å². The third-order valence-corrected chi connectivity index (χ3v) is 3.61. The van der Waals surface area contributed by atoms with Gasteiger partial charge in [-0.3, -0.25) is 4.79 Å². The molecular formula is C13H16Cl2N2O2. The van der Waals surface area contributed by atoms with E-state index in [0.717, 1.165) is 19.4 Å². The lowest BCUT2D eigenvalue weighted by Crippen LogP contribution is -2.40. The zero-order chi connectivity index (χ0) is 13.8.